The second kappa shape index (κ2) is 4.43. The molecular formula is C9H14NSe2+. The van der Waals surface area contributed by atoms with Crippen LogP contribution in [0.5, 0.6) is 0 Å². The minimum absolute atomic E-state index is 0.758. The quantitative estimate of drug-likeness (QED) is 0.383. The molecule has 1 rings (SSSR count). The summed E-state index contributed by atoms with van der Waals surface area (Å²) in [7, 11) is 4.16. The molecule has 0 radical (unpaired) electrons. The average Bonchev–Trinajstić information content (AvgIpc) is 2.33. The summed E-state index contributed by atoms with van der Waals surface area (Å²) in [6.45, 7) is 4.45. The van der Waals surface area contributed by atoms with Crippen LogP contribution in [0.3, 0.4) is 0 Å². The first-order valence-corrected chi connectivity index (χ1v) is 10.0. The van der Waals surface area contributed by atoms with Crippen LogP contribution in [0.4, 0.5) is 0 Å². The molecule has 0 fully saturated rings. The van der Waals surface area contributed by atoms with Gasteiger partial charge in [0.2, 0.25) is 0 Å². The van der Waals surface area contributed by atoms with Crippen molar-refractivity contribution in [2.24, 2.45) is 0 Å². The zero-order valence-electron chi connectivity index (χ0n) is 7.92. The van der Waals surface area contributed by atoms with Crippen LogP contribution in [0.1, 0.15) is 13.8 Å². The second-order valence-electron chi connectivity index (χ2n) is 3.09. The van der Waals surface area contributed by atoms with Gasteiger partial charge in [0.05, 0.1) is 0 Å². The zero-order valence-corrected chi connectivity index (χ0v) is 11.3. The van der Waals surface area contributed by atoms with Gasteiger partial charge in [0, 0.05) is 0 Å². The van der Waals surface area contributed by atoms with Crippen molar-refractivity contribution in [3.63, 3.8) is 0 Å². The van der Waals surface area contributed by atoms with Crippen molar-refractivity contribution in [2.75, 3.05) is 14.1 Å². The van der Waals surface area contributed by atoms with Crippen molar-refractivity contribution in [1.82, 2.24) is 0 Å². The van der Waals surface area contributed by atoms with E-state index in [0.717, 1.165) is 26.3 Å². The first kappa shape index (κ1) is 10.3. The normalized spacial score (nSPS) is 20.5. The first-order chi connectivity index (χ1) is 5.61. The Kier molecular flexibility index (Phi) is 3.79. The molecule has 0 N–H and O–H groups in total. The Morgan fingerprint density at radius 3 is 2.58 bits per heavy atom. The molecule has 0 spiro atoms. The van der Waals surface area contributed by atoms with E-state index in [1.807, 2.05) is 0 Å². The molecule has 0 aliphatic carbocycles. The van der Waals surface area contributed by atoms with Crippen molar-refractivity contribution in [1.29, 1.82) is 0 Å². The van der Waals surface area contributed by atoms with Gasteiger partial charge in [0.1, 0.15) is 0 Å². The van der Waals surface area contributed by atoms with E-state index < -0.39 is 0 Å². The van der Waals surface area contributed by atoms with Gasteiger partial charge in [-0.15, -0.1) is 0 Å². The SMILES string of the molecule is CC1=C[Se][Se]/C1=C(/C)C=[N+](C)C. The Balaban J connectivity index is 2.91. The summed E-state index contributed by atoms with van der Waals surface area (Å²) >= 11 is 1.54. The van der Waals surface area contributed by atoms with Crippen LogP contribution in [-0.2, 0) is 0 Å². The van der Waals surface area contributed by atoms with E-state index in [1.165, 1.54) is 11.1 Å². The molecule has 0 saturated heterocycles. The van der Waals surface area contributed by atoms with Crippen LogP contribution in [0.25, 0.3) is 0 Å². The van der Waals surface area contributed by atoms with Crippen LogP contribution in [0, 0.1) is 0 Å². The summed E-state index contributed by atoms with van der Waals surface area (Å²) in [5.74, 6) is 0. The number of hydrogen-bond acceptors (Lipinski definition) is 0. The number of nitrogens with zero attached hydrogens (tertiary/aromatic N) is 1. The van der Waals surface area contributed by atoms with Gasteiger partial charge in [0.15, 0.2) is 0 Å². The Morgan fingerprint density at radius 1 is 1.50 bits per heavy atom. The molecule has 1 aliphatic heterocycles. The fourth-order valence-electron chi connectivity index (χ4n) is 1.09. The van der Waals surface area contributed by atoms with Crippen molar-refractivity contribution in [3.8, 4) is 0 Å². The van der Waals surface area contributed by atoms with E-state index >= 15 is 0 Å². The van der Waals surface area contributed by atoms with Crippen molar-refractivity contribution in [2.45, 2.75) is 13.8 Å². The van der Waals surface area contributed by atoms with Crippen LogP contribution in [0.2, 0.25) is 0 Å². The molecule has 3 heteroatoms. The van der Waals surface area contributed by atoms with Gasteiger partial charge in [-0.25, -0.2) is 0 Å². The third kappa shape index (κ3) is 2.60. The molecule has 1 aliphatic rings. The molecular weight excluding hydrogens is 280 g/mol. The summed E-state index contributed by atoms with van der Waals surface area (Å²) in [5, 5.41) is 0. The second-order valence-corrected chi connectivity index (χ2v) is 9.10. The maximum atomic E-state index is 2.41. The molecule has 0 aromatic heterocycles. The van der Waals surface area contributed by atoms with Gasteiger partial charge >= 0.3 is 85.6 Å². The fraction of sp³-hybridized carbons (Fsp3) is 0.444. The number of allylic oxidation sites excluding steroid dienone is 3. The summed E-state index contributed by atoms with van der Waals surface area (Å²) in [4.78, 5) is 2.41. The van der Waals surface area contributed by atoms with E-state index in [4.69, 9.17) is 0 Å². The summed E-state index contributed by atoms with van der Waals surface area (Å²) in [6.07, 6.45) is 2.22. The topological polar surface area (TPSA) is 3.01 Å². The van der Waals surface area contributed by atoms with Gasteiger partial charge < -0.3 is 0 Å². The molecule has 0 atom stereocenters. The molecule has 1 nitrogen and oxygen atoms in total. The molecule has 0 saturated carbocycles. The van der Waals surface area contributed by atoms with E-state index in [1.54, 1.807) is 4.47 Å². The average molecular weight is 294 g/mol. The number of hydrogen-bond donors (Lipinski definition) is 0. The summed E-state index contributed by atoms with van der Waals surface area (Å²) in [6, 6.07) is 0. The predicted octanol–water partition coefficient (Wildman–Crippen LogP) is 0.844. The molecule has 0 aromatic carbocycles. The van der Waals surface area contributed by atoms with Crippen molar-refractivity contribution >= 4 is 32.5 Å². The molecule has 0 aromatic rings. The van der Waals surface area contributed by atoms with Crippen LogP contribution < -0.4 is 0 Å². The predicted molar refractivity (Wildman–Crippen MR) is 56.1 cm³/mol. The Labute approximate surface area is 85.5 Å². The third-order valence-corrected chi connectivity index (χ3v) is 8.29. The third-order valence-electron chi connectivity index (χ3n) is 1.52. The Hall–Kier alpha value is 0.189. The monoisotopic (exact) mass is 296 g/mol. The van der Waals surface area contributed by atoms with Crippen molar-refractivity contribution in [3.05, 3.63) is 20.6 Å². The molecule has 66 valence electrons. The van der Waals surface area contributed by atoms with Gasteiger partial charge in [-0.2, -0.15) is 0 Å². The van der Waals surface area contributed by atoms with Gasteiger partial charge in [-0.1, -0.05) is 0 Å². The van der Waals surface area contributed by atoms with Crippen LogP contribution >= 0.6 is 0 Å². The molecule has 12 heavy (non-hydrogen) atoms. The maximum absolute atomic E-state index is 2.41. The van der Waals surface area contributed by atoms with Crippen LogP contribution in [0.15, 0.2) is 20.6 Å². The molecule has 0 amide bonds. The van der Waals surface area contributed by atoms with Crippen molar-refractivity contribution < 1.29 is 4.58 Å². The first-order valence-electron chi connectivity index (χ1n) is 3.84. The summed E-state index contributed by atoms with van der Waals surface area (Å²) in [5.41, 5.74) is 2.97. The Morgan fingerprint density at radius 2 is 2.17 bits per heavy atom. The van der Waals surface area contributed by atoms with Gasteiger partial charge in [0.25, 0.3) is 0 Å². The molecule has 0 unspecified atom stereocenters. The standard InChI is InChI=1S/C9H14NSe2/c1-7(5-10(3)4)9-8(2)6-11-12-9/h5-6H,1-4H3/q+1/b9-7-. The fourth-order valence-corrected chi connectivity index (χ4v) is 9.12. The van der Waals surface area contributed by atoms with E-state index in [9.17, 15) is 0 Å². The molecule has 0 bridgehead atoms. The number of rotatable bonds is 1. The summed E-state index contributed by atoms with van der Waals surface area (Å²) < 4.78 is 3.74. The Bertz CT molecular complexity index is 270. The van der Waals surface area contributed by atoms with E-state index in [2.05, 4.69) is 43.7 Å². The van der Waals surface area contributed by atoms with Crippen LogP contribution in [-0.4, -0.2) is 51.1 Å². The van der Waals surface area contributed by atoms with Gasteiger partial charge in [-0.3, -0.25) is 0 Å². The minimum atomic E-state index is 0.758. The van der Waals surface area contributed by atoms with E-state index in [0.29, 0.717) is 0 Å². The molecule has 1 heterocycles. The van der Waals surface area contributed by atoms with Gasteiger partial charge in [-0.05, 0) is 0 Å². The van der Waals surface area contributed by atoms with E-state index in [-0.39, 0.29) is 0 Å². The zero-order chi connectivity index (χ0) is 9.14.